The van der Waals surface area contributed by atoms with Gasteiger partial charge in [0, 0.05) is 0 Å². The van der Waals surface area contributed by atoms with E-state index in [9.17, 15) is 4.79 Å². The Balaban J connectivity index is 2.23. The summed E-state index contributed by atoms with van der Waals surface area (Å²) in [6.45, 7) is 4.01. The number of hydrogen-bond donors (Lipinski definition) is 0. The summed E-state index contributed by atoms with van der Waals surface area (Å²) in [5.41, 5.74) is 2.21. The molecule has 0 atom stereocenters. The summed E-state index contributed by atoms with van der Waals surface area (Å²) in [7, 11) is 0. The first-order valence-electron chi connectivity index (χ1n) is 5.41. The number of para-hydroxylation sites is 1. The van der Waals surface area contributed by atoms with E-state index in [1.807, 2.05) is 19.9 Å². The molecule has 2 aromatic rings. The molecule has 18 heavy (non-hydrogen) atoms. The first-order valence-corrected chi connectivity index (χ1v) is 6.21. The summed E-state index contributed by atoms with van der Waals surface area (Å²) in [5, 5.41) is 3.86. The molecule has 0 aliphatic carbocycles. The van der Waals surface area contributed by atoms with Gasteiger partial charge in [0.15, 0.2) is 6.29 Å². The number of carbonyl (C=O) groups excluding carboxylic acids is 1. The second kappa shape index (κ2) is 5.35. The molecule has 4 nitrogen and oxygen atoms in total. The molecule has 1 aromatic carbocycles. The van der Waals surface area contributed by atoms with Crippen molar-refractivity contribution >= 4 is 22.2 Å². The van der Waals surface area contributed by atoms with Crippen LogP contribution in [0.25, 0.3) is 0 Å². The van der Waals surface area contributed by atoms with Crippen LogP contribution in [0.5, 0.6) is 5.75 Å². The van der Waals surface area contributed by atoms with E-state index in [0.29, 0.717) is 17.9 Å². The quantitative estimate of drug-likeness (QED) is 0.812. The molecule has 0 radical (unpaired) electrons. The highest BCUT2D eigenvalue weighted by atomic mass is 79.9. The number of carbonyl (C=O) groups is 1. The average Bonchev–Trinajstić information content (AvgIpc) is 2.68. The number of halogens is 1. The predicted octanol–water partition coefficient (Wildman–Crippen LogP) is 3.45. The molecule has 1 heterocycles. The van der Waals surface area contributed by atoms with E-state index in [2.05, 4.69) is 21.1 Å². The van der Waals surface area contributed by atoms with Crippen molar-refractivity contribution in [2.75, 3.05) is 0 Å². The van der Waals surface area contributed by atoms with Crippen molar-refractivity contribution in [3.05, 3.63) is 45.3 Å². The standard InChI is InChI=1S/C13H12BrNO3/c1-8-11(9(2)18-15-8)7-17-13-10(6-16)4-3-5-12(13)14/h3-6H,7H2,1-2H3. The normalized spacial score (nSPS) is 10.4. The monoisotopic (exact) mass is 309 g/mol. The molecule has 0 aliphatic heterocycles. The van der Waals surface area contributed by atoms with E-state index in [0.717, 1.165) is 27.8 Å². The van der Waals surface area contributed by atoms with Gasteiger partial charge in [-0.15, -0.1) is 0 Å². The molecular formula is C13H12BrNO3. The van der Waals surface area contributed by atoms with E-state index in [4.69, 9.17) is 9.26 Å². The third-order valence-corrected chi connectivity index (χ3v) is 3.29. The van der Waals surface area contributed by atoms with Crippen molar-refractivity contribution in [1.82, 2.24) is 5.16 Å². The second-order valence-electron chi connectivity index (χ2n) is 3.87. The van der Waals surface area contributed by atoms with E-state index in [-0.39, 0.29) is 0 Å². The number of aryl methyl sites for hydroxylation is 2. The Kier molecular flexibility index (Phi) is 3.81. The minimum Gasteiger partial charge on any atom is -0.487 e. The fourth-order valence-electron chi connectivity index (χ4n) is 1.62. The molecule has 0 saturated carbocycles. The Bertz CT molecular complexity index is 558. The van der Waals surface area contributed by atoms with Gasteiger partial charge >= 0.3 is 0 Å². The summed E-state index contributed by atoms with van der Waals surface area (Å²) < 4.78 is 11.5. The van der Waals surface area contributed by atoms with Gasteiger partial charge in [0.25, 0.3) is 0 Å². The highest BCUT2D eigenvalue weighted by Gasteiger charge is 2.12. The molecule has 0 amide bonds. The fourth-order valence-corrected chi connectivity index (χ4v) is 2.12. The smallest absolute Gasteiger partial charge is 0.153 e. The summed E-state index contributed by atoms with van der Waals surface area (Å²) in [5.74, 6) is 1.26. The number of rotatable bonds is 4. The predicted molar refractivity (Wildman–Crippen MR) is 69.8 cm³/mol. The first-order chi connectivity index (χ1) is 8.63. The van der Waals surface area contributed by atoms with Crippen LogP contribution in [0.2, 0.25) is 0 Å². The van der Waals surface area contributed by atoms with Crippen molar-refractivity contribution in [3.63, 3.8) is 0 Å². The van der Waals surface area contributed by atoms with Gasteiger partial charge in [-0.05, 0) is 41.9 Å². The molecule has 0 fully saturated rings. The lowest BCUT2D eigenvalue weighted by atomic mass is 10.2. The van der Waals surface area contributed by atoms with Crippen LogP contribution < -0.4 is 4.74 Å². The minimum atomic E-state index is 0.324. The molecule has 0 saturated heterocycles. The van der Waals surface area contributed by atoms with Crippen LogP contribution in [-0.2, 0) is 6.61 Å². The van der Waals surface area contributed by atoms with Crippen molar-refractivity contribution < 1.29 is 14.1 Å². The maximum atomic E-state index is 10.9. The van der Waals surface area contributed by atoms with Gasteiger partial charge in [0.05, 0.1) is 21.3 Å². The highest BCUT2D eigenvalue weighted by Crippen LogP contribution is 2.29. The maximum Gasteiger partial charge on any atom is 0.153 e. The van der Waals surface area contributed by atoms with E-state index in [1.165, 1.54) is 0 Å². The zero-order valence-corrected chi connectivity index (χ0v) is 11.7. The summed E-state index contributed by atoms with van der Waals surface area (Å²) in [6, 6.07) is 5.33. The van der Waals surface area contributed by atoms with Gasteiger partial charge < -0.3 is 9.26 Å². The van der Waals surface area contributed by atoms with Crippen LogP contribution in [0.3, 0.4) is 0 Å². The minimum absolute atomic E-state index is 0.324. The maximum absolute atomic E-state index is 10.9. The SMILES string of the molecule is Cc1noc(C)c1COc1c(Br)cccc1C=O. The molecule has 5 heteroatoms. The largest absolute Gasteiger partial charge is 0.487 e. The lowest BCUT2D eigenvalue weighted by Gasteiger charge is -2.09. The second-order valence-corrected chi connectivity index (χ2v) is 4.72. The Hall–Kier alpha value is -1.62. The molecule has 94 valence electrons. The number of nitrogens with zero attached hydrogens (tertiary/aromatic N) is 1. The lowest BCUT2D eigenvalue weighted by Crippen LogP contribution is -2.00. The van der Waals surface area contributed by atoms with Crippen molar-refractivity contribution in [2.24, 2.45) is 0 Å². The topological polar surface area (TPSA) is 52.3 Å². The Morgan fingerprint density at radius 1 is 1.44 bits per heavy atom. The molecule has 0 N–H and O–H groups in total. The molecule has 0 bridgehead atoms. The van der Waals surface area contributed by atoms with Crippen LogP contribution in [0.15, 0.2) is 27.2 Å². The highest BCUT2D eigenvalue weighted by molar-refractivity contribution is 9.10. The molecule has 2 rings (SSSR count). The van der Waals surface area contributed by atoms with Crippen LogP contribution in [0.4, 0.5) is 0 Å². The van der Waals surface area contributed by atoms with Gasteiger partial charge in [-0.1, -0.05) is 11.2 Å². The number of ether oxygens (including phenoxy) is 1. The zero-order valence-electron chi connectivity index (χ0n) is 10.1. The van der Waals surface area contributed by atoms with Gasteiger partial charge in [-0.25, -0.2) is 0 Å². The number of aldehydes is 1. The summed E-state index contributed by atoms with van der Waals surface area (Å²) in [4.78, 5) is 10.9. The number of aromatic nitrogens is 1. The zero-order chi connectivity index (χ0) is 13.1. The van der Waals surface area contributed by atoms with E-state index in [1.54, 1.807) is 12.1 Å². The lowest BCUT2D eigenvalue weighted by molar-refractivity contribution is 0.111. The van der Waals surface area contributed by atoms with Gasteiger partial charge in [-0.3, -0.25) is 4.79 Å². The van der Waals surface area contributed by atoms with Crippen LogP contribution in [-0.4, -0.2) is 11.4 Å². The third kappa shape index (κ3) is 2.46. The molecular weight excluding hydrogens is 298 g/mol. The molecule has 1 aromatic heterocycles. The van der Waals surface area contributed by atoms with Crippen molar-refractivity contribution in [1.29, 1.82) is 0 Å². The fraction of sp³-hybridized carbons (Fsp3) is 0.231. The Morgan fingerprint density at radius 3 is 2.83 bits per heavy atom. The average molecular weight is 310 g/mol. The van der Waals surface area contributed by atoms with Crippen LogP contribution in [0.1, 0.15) is 27.4 Å². The van der Waals surface area contributed by atoms with Crippen LogP contribution >= 0.6 is 15.9 Å². The van der Waals surface area contributed by atoms with Crippen molar-refractivity contribution in [3.8, 4) is 5.75 Å². The number of hydrogen-bond acceptors (Lipinski definition) is 4. The van der Waals surface area contributed by atoms with E-state index >= 15 is 0 Å². The molecule has 0 aliphatic rings. The van der Waals surface area contributed by atoms with E-state index < -0.39 is 0 Å². The Labute approximate surface area is 113 Å². The summed E-state index contributed by atoms with van der Waals surface area (Å²) in [6.07, 6.45) is 0.771. The van der Waals surface area contributed by atoms with Crippen LogP contribution in [0, 0.1) is 13.8 Å². The molecule has 0 unspecified atom stereocenters. The van der Waals surface area contributed by atoms with Crippen molar-refractivity contribution in [2.45, 2.75) is 20.5 Å². The van der Waals surface area contributed by atoms with Gasteiger partial charge in [0.1, 0.15) is 18.1 Å². The first kappa shape index (κ1) is 12.8. The number of benzene rings is 1. The van der Waals surface area contributed by atoms with Gasteiger partial charge in [-0.2, -0.15) is 0 Å². The third-order valence-electron chi connectivity index (χ3n) is 2.67. The Morgan fingerprint density at radius 2 is 2.22 bits per heavy atom. The summed E-state index contributed by atoms with van der Waals surface area (Å²) >= 11 is 3.37. The van der Waals surface area contributed by atoms with Gasteiger partial charge in [0.2, 0.25) is 0 Å². The molecule has 0 spiro atoms.